The molecule has 1 heterocycles. The third kappa shape index (κ3) is 4.84. The zero-order chi connectivity index (χ0) is 16.1. The predicted molar refractivity (Wildman–Crippen MR) is 101 cm³/mol. The van der Waals surface area contributed by atoms with Crippen molar-refractivity contribution in [3.8, 4) is 0 Å². The van der Waals surface area contributed by atoms with E-state index in [-0.39, 0.29) is 0 Å². The third-order valence-corrected chi connectivity index (χ3v) is 7.23. The van der Waals surface area contributed by atoms with Gasteiger partial charge in [-0.1, -0.05) is 58.1 Å². The van der Waals surface area contributed by atoms with Crippen LogP contribution in [0.15, 0.2) is 12.2 Å². The summed E-state index contributed by atoms with van der Waals surface area (Å²) in [5.41, 5.74) is 0. The molecule has 3 aliphatic rings. The Morgan fingerprint density at radius 2 is 1.91 bits per heavy atom. The van der Waals surface area contributed by atoms with Gasteiger partial charge in [-0.3, -0.25) is 0 Å². The lowest BCUT2D eigenvalue weighted by molar-refractivity contribution is 0.0476. The van der Waals surface area contributed by atoms with Crippen molar-refractivity contribution in [2.75, 3.05) is 19.6 Å². The predicted octanol–water partition coefficient (Wildman–Crippen LogP) is 5.91. The van der Waals surface area contributed by atoms with Gasteiger partial charge in [0.2, 0.25) is 0 Å². The van der Waals surface area contributed by atoms with Crippen molar-refractivity contribution in [2.24, 2.45) is 29.6 Å². The first-order valence-electron chi connectivity index (χ1n) is 10.6. The van der Waals surface area contributed by atoms with Gasteiger partial charge in [0.25, 0.3) is 0 Å². The van der Waals surface area contributed by atoms with E-state index in [0.29, 0.717) is 0 Å². The maximum atomic E-state index is 2.74. The topological polar surface area (TPSA) is 3.24 Å². The van der Waals surface area contributed by atoms with Gasteiger partial charge in [0, 0.05) is 13.1 Å². The Morgan fingerprint density at radius 1 is 1.13 bits per heavy atom. The summed E-state index contributed by atoms with van der Waals surface area (Å²) in [6.07, 6.45) is 19.5. The third-order valence-electron chi connectivity index (χ3n) is 7.23. The van der Waals surface area contributed by atoms with Crippen LogP contribution in [0, 0.1) is 29.6 Å². The number of allylic oxidation sites excluding steroid dienone is 2. The van der Waals surface area contributed by atoms with Gasteiger partial charge in [0.1, 0.15) is 0 Å². The van der Waals surface area contributed by atoms with Crippen LogP contribution in [0.4, 0.5) is 0 Å². The molecule has 0 aromatic carbocycles. The number of nitrogens with zero attached hydrogens (tertiary/aromatic N) is 1. The van der Waals surface area contributed by atoms with Crippen LogP contribution in [0.5, 0.6) is 0 Å². The molecule has 2 aliphatic carbocycles. The lowest BCUT2D eigenvalue weighted by Gasteiger charge is -2.44. The smallest absolute Gasteiger partial charge is 0.00247 e. The molecule has 3 rings (SSSR count). The Kier molecular flexibility index (Phi) is 6.62. The van der Waals surface area contributed by atoms with Crippen LogP contribution in [0.2, 0.25) is 0 Å². The van der Waals surface area contributed by atoms with Crippen molar-refractivity contribution in [1.29, 1.82) is 0 Å². The minimum Gasteiger partial charge on any atom is -0.303 e. The Bertz CT molecular complexity index is 362. The summed E-state index contributed by atoms with van der Waals surface area (Å²) >= 11 is 0. The molecule has 0 aromatic rings. The van der Waals surface area contributed by atoms with Gasteiger partial charge in [0.05, 0.1) is 0 Å². The van der Waals surface area contributed by atoms with E-state index in [9.17, 15) is 0 Å². The molecule has 2 unspecified atom stereocenters. The van der Waals surface area contributed by atoms with Gasteiger partial charge >= 0.3 is 0 Å². The number of likely N-dealkylation sites (tertiary alicyclic amines) is 1. The minimum absolute atomic E-state index is 0.881. The molecule has 23 heavy (non-hydrogen) atoms. The first-order valence-corrected chi connectivity index (χ1v) is 10.6. The molecule has 2 fully saturated rings. The molecular weight excluding hydrogens is 278 g/mol. The summed E-state index contributed by atoms with van der Waals surface area (Å²) in [6, 6.07) is 0. The highest BCUT2D eigenvalue weighted by Gasteiger charge is 2.32. The monoisotopic (exact) mass is 317 g/mol. The molecule has 132 valence electrons. The lowest BCUT2D eigenvalue weighted by atomic mass is 9.78. The van der Waals surface area contributed by atoms with E-state index in [2.05, 4.69) is 30.9 Å². The zero-order valence-corrected chi connectivity index (χ0v) is 15.7. The highest BCUT2D eigenvalue weighted by atomic mass is 15.2. The molecule has 1 aliphatic heterocycles. The van der Waals surface area contributed by atoms with Crippen LogP contribution in [0.1, 0.15) is 78.1 Å². The van der Waals surface area contributed by atoms with Crippen LogP contribution in [-0.4, -0.2) is 24.5 Å². The van der Waals surface area contributed by atoms with E-state index in [1.54, 1.807) is 0 Å². The van der Waals surface area contributed by atoms with Crippen LogP contribution in [0.3, 0.4) is 0 Å². The summed E-state index contributed by atoms with van der Waals surface area (Å²) in [6.45, 7) is 9.03. The van der Waals surface area contributed by atoms with Crippen LogP contribution >= 0.6 is 0 Å². The average Bonchev–Trinajstić information content (AvgIpc) is 3.16. The van der Waals surface area contributed by atoms with Crippen molar-refractivity contribution < 1.29 is 0 Å². The van der Waals surface area contributed by atoms with Crippen molar-refractivity contribution in [3.63, 3.8) is 0 Å². The lowest BCUT2D eigenvalue weighted by Crippen LogP contribution is -2.50. The fourth-order valence-corrected chi connectivity index (χ4v) is 5.39. The molecule has 0 N–H and O–H groups in total. The van der Waals surface area contributed by atoms with E-state index >= 15 is 0 Å². The largest absolute Gasteiger partial charge is 0.303 e. The second-order valence-corrected chi connectivity index (χ2v) is 8.86. The average molecular weight is 318 g/mol. The summed E-state index contributed by atoms with van der Waals surface area (Å²) < 4.78 is 0. The Hall–Kier alpha value is -0.300. The molecule has 0 bridgehead atoms. The van der Waals surface area contributed by atoms with E-state index in [4.69, 9.17) is 0 Å². The minimum atomic E-state index is 0.881. The molecule has 1 heteroatoms. The Labute approximate surface area is 144 Å². The van der Waals surface area contributed by atoms with E-state index in [1.807, 2.05) is 0 Å². The van der Waals surface area contributed by atoms with Gasteiger partial charge in [0.15, 0.2) is 0 Å². The Balaban J connectivity index is 1.28. The number of hydrogen-bond donors (Lipinski definition) is 0. The van der Waals surface area contributed by atoms with Gasteiger partial charge in [-0.05, 0) is 68.2 Å². The number of hydrogen-bond acceptors (Lipinski definition) is 1. The fraction of sp³-hybridized carbons (Fsp3) is 0.909. The van der Waals surface area contributed by atoms with Gasteiger partial charge in [-0.15, -0.1) is 0 Å². The first-order chi connectivity index (χ1) is 11.3. The van der Waals surface area contributed by atoms with Crippen molar-refractivity contribution >= 4 is 0 Å². The van der Waals surface area contributed by atoms with Crippen molar-refractivity contribution in [2.45, 2.75) is 78.1 Å². The molecule has 3 atom stereocenters. The summed E-state index contributed by atoms with van der Waals surface area (Å²) in [5, 5.41) is 0. The highest BCUT2D eigenvalue weighted by molar-refractivity contribution is 5.00. The molecule has 0 spiro atoms. The second kappa shape index (κ2) is 8.70. The van der Waals surface area contributed by atoms with Gasteiger partial charge in [-0.25, -0.2) is 0 Å². The summed E-state index contributed by atoms with van der Waals surface area (Å²) in [4.78, 5) is 2.74. The van der Waals surface area contributed by atoms with Crippen LogP contribution < -0.4 is 0 Å². The maximum absolute atomic E-state index is 2.74. The highest BCUT2D eigenvalue weighted by Crippen LogP contribution is 2.35. The summed E-state index contributed by atoms with van der Waals surface area (Å²) in [7, 11) is 0. The molecule has 1 saturated carbocycles. The molecule has 0 radical (unpaired) electrons. The van der Waals surface area contributed by atoms with Crippen molar-refractivity contribution in [1.82, 2.24) is 4.90 Å². The zero-order valence-electron chi connectivity index (χ0n) is 15.7. The Morgan fingerprint density at radius 3 is 2.57 bits per heavy atom. The molecular formula is C22H39N. The standard InChI is InChI=1S/C22H39N/c1-3-20(13-14-21-12-6-8-18(21)2)22-16-23(17-22)15-7-11-19-9-4-5-10-19/h6,12,18-22H,3-5,7-11,13-17H2,1-2H3/t18-,20?,21?/m0/s1. The molecule has 1 saturated heterocycles. The quantitative estimate of drug-likeness (QED) is 0.478. The first kappa shape index (κ1) is 17.5. The number of rotatable bonds is 9. The fourth-order valence-electron chi connectivity index (χ4n) is 5.39. The second-order valence-electron chi connectivity index (χ2n) is 8.86. The van der Waals surface area contributed by atoms with E-state index in [0.717, 1.165) is 29.6 Å². The van der Waals surface area contributed by atoms with Gasteiger partial charge in [-0.2, -0.15) is 0 Å². The molecule has 1 nitrogen and oxygen atoms in total. The van der Waals surface area contributed by atoms with Crippen LogP contribution in [0.25, 0.3) is 0 Å². The molecule has 0 aromatic heterocycles. The van der Waals surface area contributed by atoms with E-state index in [1.165, 1.54) is 83.8 Å². The van der Waals surface area contributed by atoms with Crippen LogP contribution in [-0.2, 0) is 0 Å². The van der Waals surface area contributed by atoms with Crippen molar-refractivity contribution in [3.05, 3.63) is 12.2 Å². The van der Waals surface area contributed by atoms with E-state index < -0.39 is 0 Å². The SMILES string of the molecule is CCC(CCC1C=CC[C@@H]1C)C1CN(CCCC2CCCC2)C1. The maximum Gasteiger partial charge on any atom is 0.00247 e. The molecule has 0 amide bonds. The summed E-state index contributed by atoms with van der Waals surface area (Å²) in [5.74, 6) is 4.86. The normalized spacial score (nSPS) is 30.9. The van der Waals surface area contributed by atoms with Gasteiger partial charge < -0.3 is 4.90 Å².